The zero-order chi connectivity index (χ0) is 13.1. The monoisotopic (exact) mass is 241 g/mol. The molecule has 2 aromatic rings. The van der Waals surface area contributed by atoms with Crippen molar-refractivity contribution in [1.29, 1.82) is 0 Å². The van der Waals surface area contributed by atoms with Crippen LogP contribution in [0.15, 0.2) is 30.5 Å². The van der Waals surface area contributed by atoms with Crippen LogP contribution >= 0.6 is 0 Å². The van der Waals surface area contributed by atoms with Crippen molar-refractivity contribution in [3.8, 4) is 0 Å². The highest BCUT2D eigenvalue weighted by Gasteiger charge is 2.08. The van der Waals surface area contributed by atoms with E-state index in [-0.39, 0.29) is 5.91 Å². The Bertz CT molecular complexity index is 573. The van der Waals surface area contributed by atoms with Crippen LogP contribution in [0, 0.1) is 20.8 Å². The first-order valence-electron chi connectivity index (χ1n) is 5.74. The van der Waals surface area contributed by atoms with Gasteiger partial charge in [-0.05, 0) is 50.1 Å². The number of carbonyl (C=O) groups excluding carboxylic acids is 1. The summed E-state index contributed by atoms with van der Waals surface area (Å²) in [5.41, 5.74) is 3.39. The lowest BCUT2D eigenvalue weighted by atomic mass is 10.1. The molecule has 0 spiro atoms. The average Bonchev–Trinajstić information content (AvgIpc) is 2.27. The molecule has 2 rings (SSSR count). The van der Waals surface area contributed by atoms with Gasteiger partial charge in [-0.15, -0.1) is 0 Å². The molecule has 1 aromatic heterocycles. The number of nitrogens with zero attached hydrogens (tertiary/aromatic N) is 2. The van der Waals surface area contributed by atoms with Crippen molar-refractivity contribution >= 4 is 11.6 Å². The summed E-state index contributed by atoms with van der Waals surface area (Å²) in [7, 11) is 0. The molecule has 0 fully saturated rings. The van der Waals surface area contributed by atoms with E-state index in [1.54, 1.807) is 19.2 Å². The lowest BCUT2D eigenvalue weighted by molar-refractivity contribution is 0.102. The van der Waals surface area contributed by atoms with Gasteiger partial charge in [0, 0.05) is 11.9 Å². The fraction of sp³-hybridized carbons (Fsp3) is 0.214. The van der Waals surface area contributed by atoms with Crippen molar-refractivity contribution in [1.82, 2.24) is 9.97 Å². The van der Waals surface area contributed by atoms with Gasteiger partial charge in [0.2, 0.25) is 0 Å². The summed E-state index contributed by atoms with van der Waals surface area (Å²) in [6.45, 7) is 5.75. The van der Waals surface area contributed by atoms with Crippen LogP contribution in [0.1, 0.15) is 27.4 Å². The SMILES string of the molecule is Cc1cc(C)cc(NC(=O)c2ccnc(C)n2)c1. The first-order valence-corrected chi connectivity index (χ1v) is 5.74. The maximum absolute atomic E-state index is 12.0. The van der Waals surface area contributed by atoms with Gasteiger partial charge < -0.3 is 5.32 Å². The minimum atomic E-state index is -0.217. The van der Waals surface area contributed by atoms with Crippen molar-refractivity contribution in [3.05, 3.63) is 53.1 Å². The van der Waals surface area contributed by atoms with E-state index >= 15 is 0 Å². The van der Waals surface area contributed by atoms with Crippen LogP contribution in [0.25, 0.3) is 0 Å². The zero-order valence-electron chi connectivity index (χ0n) is 10.7. The van der Waals surface area contributed by atoms with Crippen LogP contribution in [-0.2, 0) is 0 Å². The molecule has 18 heavy (non-hydrogen) atoms. The first kappa shape index (κ1) is 12.2. The van der Waals surface area contributed by atoms with Crippen LogP contribution in [0.5, 0.6) is 0 Å². The van der Waals surface area contributed by atoms with E-state index in [2.05, 4.69) is 21.4 Å². The van der Waals surface area contributed by atoms with E-state index in [0.29, 0.717) is 11.5 Å². The Hall–Kier alpha value is -2.23. The van der Waals surface area contributed by atoms with Crippen molar-refractivity contribution < 1.29 is 4.79 Å². The Morgan fingerprint density at radius 3 is 2.39 bits per heavy atom. The number of hydrogen-bond donors (Lipinski definition) is 1. The summed E-state index contributed by atoms with van der Waals surface area (Å²) in [4.78, 5) is 20.0. The third-order valence-electron chi connectivity index (χ3n) is 2.49. The molecule has 1 amide bonds. The molecule has 1 N–H and O–H groups in total. The lowest BCUT2D eigenvalue weighted by Gasteiger charge is -2.07. The zero-order valence-corrected chi connectivity index (χ0v) is 10.7. The molecule has 0 aliphatic heterocycles. The summed E-state index contributed by atoms with van der Waals surface area (Å²) in [5.74, 6) is 0.369. The topological polar surface area (TPSA) is 54.9 Å². The van der Waals surface area contributed by atoms with E-state index in [9.17, 15) is 4.79 Å². The molecule has 0 radical (unpaired) electrons. The highest BCUT2D eigenvalue weighted by atomic mass is 16.1. The molecule has 4 nitrogen and oxygen atoms in total. The molecule has 1 aromatic carbocycles. The number of benzene rings is 1. The van der Waals surface area contributed by atoms with Gasteiger partial charge in [-0.2, -0.15) is 0 Å². The third kappa shape index (κ3) is 2.91. The number of carbonyl (C=O) groups is 1. The van der Waals surface area contributed by atoms with Gasteiger partial charge in [0.15, 0.2) is 0 Å². The molecule has 0 unspecified atom stereocenters. The van der Waals surface area contributed by atoms with E-state index in [1.165, 1.54) is 0 Å². The van der Waals surface area contributed by atoms with E-state index in [1.807, 2.05) is 26.0 Å². The van der Waals surface area contributed by atoms with Crippen LogP contribution < -0.4 is 5.32 Å². The fourth-order valence-electron chi connectivity index (χ4n) is 1.82. The summed E-state index contributed by atoms with van der Waals surface area (Å²) in [5, 5.41) is 2.84. The Labute approximate surface area is 106 Å². The molecule has 4 heteroatoms. The normalized spacial score (nSPS) is 10.2. The van der Waals surface area contributed by atoms with E-state index < -0.39 is 0 Å². The van der Waals surface area contributed by atoms with Crippen molar-refractivity contribution in [2.24, 2.45) is 0 Å². The van der Waals surface area contributed by atoms with Crippen LogP contribution in [0.3, 0.4) is 0 Å². The highest BCUT2D eigenvalue weighted by molar-refractivity contribution is 6.02. The predicted molar refractivity (Wildman–Crippen MR) is 70.6 cm³/mol. The van der Waals surface area contributed by atoms with Gasteiger partial charge in [-0.3, -0.25) is 4.79 Å². The van der Waals surface area contributed by atoms with E-state index in [0.717, 1.165) is 16.8 Å². The van der Waals surface area contributed by atoms with Crippen molar-refractivity contribution in [3.63, 3.8) is 0 Å². The standard InChI is InChI=1S/C14H15N3O/c1-9-6-10(2)8-12(7-9)17-14(18)13-4-5-15-11(3)16-13/h4-8H,1-3H3,(H,17,18). The van der Waals surface area contributed by atoms with Gasteiger partial charge in [-0.1, -0.05) is 6.07 Å². The maximum atomic E-state index is 12.0. The van der Waals surface area contributed by atoms with Crippen LogP contribution in [-0.4, -0.2) is 15.9 Å². The lowest BCUT2D eigenvalue weighted by Crippen LogP contribution is -2.14. The molecule has 0 aliphatic rings. The molecule has 0 bridgehead atoms. The largest absolute Gasteiger partial charge is 0.321 e. The van der Waals surface area contributed by atoms with Gasteiger partial charge in [-0.25, -0.2) is 9.97 Å². The molecule has 1 heterocycles. The summed E-state index contributed by atoms with van der Waals surface area (Å²) >= 11 is 0. The van der Waals surface area contributed by atoms with Gasteiger partial charge in [0.25, 0.3) is 5.91 Å². The Morgan fingerprint density at radius 1 is 1.11 bits per heavy atom. The fourth-order valence-corrected chi connectivity index (χ4v) is 1.82. The second-order valence-corrected chi connectivity index (χ2v) is 4.32. The number of hydrogen-bond acceptors (Lipinski definition) is 3. The number of aryl methyl sites for hydroxylation is 3. The average molecular weight is 241 g/mol. The second kappa shape index (κ2) is 4.96. The number of anilines is 1. The summed E-state index contributed by atoms with van der Waals surface area (Å²) in [6.07, 6.45) is 1.58. The Morgan fingerprint density at radius 2 is 1.78 bits per heavy atom. The molecular formula is C14H15N3O. The number of amides is 1. The van der Waals surface area contributed by atoms with Gasteiger partial charge in [0.1, 0.15) is 11.5 Å². The number of rotatable bonds is 2. The third-order valence-corrected chi connectivity index (χ3v) is 2.49. The van der Waals surface area contributed by atoms with Crippen LogP contribution in [0.4, 0.5) is 5.69 Å². The number of nitrogens with one attached hydrogen (secondary N) is 1. The first-order chi connectivity index (χ1) is 8.54. The van der Waals surface area contributed by atoms with Crippen molar-refractivity contribution in [2.45, 2.75) is 20.8 Å². The van der Waals surface area contributed by atoms with E-state index in [4.69, 9.17) is 0 Å². The Balaban J connectivity index is 2.21. The maximum Gasteiger partial charge on any atom is 0.274 e. The quantitative estimate of drug-likeness (QED) is 0.879. The number of aromatic nitrogens is 2. The molecule has 0 atom stereocenters. The molecular weight excluding hydrogens is 226 g/mol. The summed E-state index contributed by atoms with van der Waals surface area (Å²) < 4.78 is 0. The highest BCUT2D eigenvalue weighted by Crippen LogP contribution is 2.14. The smallest absolute Gasteiger partial charge is 0.274 e. The predicted octanol–water partition coefficient (Wildman–Crippen LogP) is 2.65. The molecule has 92 valence electrons. The summed E-state index contributed by atoms with van der Waals surface area (Å²) in [6, 6.07) is 7.52. The molecule has 0 aliphatic carbocycles. The molecule has 0 saturated heterocycles. The van der Waals surface area contributed by atoms with Crippen LogP contribution in [0.2, 0.25) is 0 Å². The van der Waals surface area contributed by atoms with Crippen molar-refractivity contribution in [2.75, 3.05) is 5.32 Å². The van der Waals surface area contributed by atoms with Gasteiger partial charge in [0.05, 0.1) is 0 Å². The minimum absolute atomic E-state index is 0.217. The minimum Gasteiger partial charge on any atom is -0.321 e. The van der Waals surface area contributed by atoms with Gasteiger partial charge >= 0.3 is 0 Å². The Kier molecular flexibility index (Phi) is 3.37. The second-order valence-electron chi connectivity index (χ2n) is 4.32. The molecule has 0 saturated carbocycles.